The molecular formula is C12H22N2. The summed E-state index contributed by atoms with van der Waals surface area (Å²) in [6.45, 7) is 0. The van der Waals surface area contributed by atoms with E-state index in [1.54, 1.807) is 5.57 Å². The van der Waals surface area contributed by atoms with Crippen LogP contribution in [0.15, 0.2) is 11.6 Å². The number of allylic oxidation sites excluding steroid dienone is 1. The summed E-state index contributed by atoms with van der Waals surface area (Å²) in [5.41, 5.74) is 4.63. The topological polar surface area (TPSA) is 38.0 Å². The van der Waals surface area contributed by atoms with Gasteiger partial charge in [0, 0.05) is 6.04 Å². The van der Waals surface area contributed by atoms with Gasteiger partial charge in [-0.1, -0.05) is 24.5 Å². The van der Waals surface area contributed by atoms with E-state index in [1.165, 1.54) is 51.4 Å². The fourth-order valence-electron chi connectivity index (χ4n) is 2.98. The molecule has 2 rings (SSSR count). The molecule has 0 spiro atoms. The summed E-state index contributed by atoms with van der Waals surface area (Å²) in [5.74, 6) is 6.50. The highest BCUT2D eigenvalue weighted by Gasteiger charge is 2.27. The van der Waals surface area contributed by atoms with Crippen LogP contribution in [0.1, 0.15) is 51.4 Å². The summed E-state index contributed by atoms with van der Waals surface area (Å²) in [6.07, 6.45) is 13.2. The Morgan fingerprint density at radius 1 is 1.21 bits per heavy atom. The van der Waals surface area contributed by atoms with Gasteiger partial charge in [-0.15, -0.1) is 0 Å². The maximum atomic E-state index is 5.69. The molecule has 0 aromatic carbocycles. The lowest BCUT2D eigenvalue weighted by molar-refractivity contribution is 0.390. The summed E-state index contributed by atoms with van der Waals surface area (Å²) in [6, 6.07) is 0.484. The van der Waals surface area contributed by atoms with E-state index in [9.17, 15) is 0 Å². The molecule has 1 unspecified atom stereocenters. The van der Waals surface area contributed by atoms with Crippen LogP contribution in [0.2, 0.25) is 0 Å². The van der Waals surface area contributed by atoms with Crippen LogP contribution in [0.25, 0.3) is 0 Å². The van der Waals surface area contributed by atoms with Gasteiger partial charge in [0.15, 0.2) is 0 Å². The maximum Gasteiger partial charge on any atom is 0.0447 e. The molecule has 1 atom stereocenters. The van der Waals surface area contributed by atoms with Gasteiger partial charge in [0.05, 0.1) is 0 Å². The van der Waals surface area contributed by atoms with Gasteiger partial charge in [0.25, 0.3) is 0 Å². The quantitative estimate of drug-likeness (QED) is 0.411. The smallest absolute Gasteiger partial charge is 0.0447 e. The zero-order chi connectivity index (χ0) is 9.80. The molecule has 3 N–H and O–H groups in total. The summed E-state index contributed by atoms with van der Waals surface area (Å²) in [5, 5.41) is 0. The minimum atomic E-state index is 0.484. The Hall–Kier alpha value is -0.340. The van der Waals surface area contributed by atoms with Crippen molar-refractivity contribution >= 4 is 0 Å². The average Bonchev–Trinajstić information content (AvgIpc) is 2.74. The van der Waals surface area contributed by atoms with Crippen LogP contribution in [0.5, 0.6) is 0 Å². The lowest BCUT2D eigenvalue weighted by Crippen LogP contribution is -2.41. The molecule has 0 heterocycles. The Morgan fingerprint density at radius 2 is 2.00 bits per heavy atom. The minimum Gasteiger partial charge on any atom is -0.271 e. The van der Waals surface area contributed by atoms with Crippen molar-refractivity contribution < 1.29 is 0 Å². The van der Waals surface area contributed by atoms with Crippen LogP contribution in [0, 0.1) is 5.92 Å². The predicted octanol–water partition coefficient (Wildman–Crippen LogP) is 2.51. The zero-order valence-electron chi connectivity index (χ0n) is 8.97. The minimum absolute atomic E-state index is 0.484. The Balaban J connectivity index is 1.99. The Kier molecular flexibility index (Phi) is 3.60. The second kappa shape index (κ2) is 4.94. The molecule has 14 heavy (non-hydrogen) atoms. The summed E-state index contributed by atoms with van der Waals surface area (Å²) < 4.78 is 0. The monoisotopic (exact) mass is 194 g/mol. The molecule has 2 aliphatic carbocycles. The van der Waals surface area contributed by atoms with Gasteiger partial charge >= 0.3 is 0 Å². The standard InChI is InChI=1S/C12H22N2/c13-14-12(11-8-4-5-9-11)10-6-2-1-3-7-10/h6,11-12,14H,1-5,7-9,13H2. The average molecular weight is 194 g/mol. The fourth-order valence-corrected chi connectivity index (χ4v) is 2.98. The van der Waals surface area contributed by atoms with Crippen LogP contribution in [-0.4, -0.2) is 6.04 Å². The normalized spacial score (nSPS) is 26.2. The molecule has 0 bridgehead atoms. The fraction of sp³-hybridized carbons (Fsp3) is 0.833. The summed E-state index contributed by atoms with van der Waals surface area (Å²) in [4.78, 5) is 0. The van der Waals surface area contributed by atoms with Crippen molar-refractivity contribution in [2.24, 2.45) is 11.8 Å². The summed E-state index contributed by atoms with van der Waals surface area (Å²) >= 11 is 0. The van der Waals surface area contributed by atoms with E-state index in [-0.39, 0.29) is 0 Å². The molecule has 1 saturated carbocycles. The molecule has 0 amide bonds. The lowest BCUT2D eigenvalue weighted by atomic mass is 9.86. The van der Waals surface area contributed by atoms with Gasteiger partial charge in [0.2, 0.25) is 0 Å². The first-order valence-electron chi connectivity index (χ1n) is 6.07. The van der Waals surface area contributed by atoms with Crippen molar-refractivity contribution in [3.8, 4) is 0 Å². The molecule has 2 aliphatic rings. The van der Waals surface area contributed by atoms with E-state index in [2.05, 4.69) is 11.5 Å². The Morgan fingerprint density at radius 3 is 2.57 bits per heavy atom. The molecule has 1 fully saturated rings. The molecule has 2 heteroatoms. The van der Waals surface area contributed by atoms with Gasteiger partial charge in [-0.05, 0) is 44.4 Å². The number of nitrogens with two attached hydrogens (primary N) is 1. The van der Waals surface area contributed by atoms with Crippen LogP contribution in [-0.2, 0) is 0 Å². The van der Waals surface area contributed by atoms with Crippen molar-refractivity contribution in [1.29, 1.82) is 0 Å². The zero-order valence-corrected chi connectivity index (χ0v) is 8.97. The van der Waals surface area contributed by atoms with E-state index in [0.29, 0.717) is 6.04 Å². The van der Waals surface area contributed by atoms with Crippen LogP contribution < -0.4 is 11.3 Å². The van der Waals surface area contributed by atoms with E-state index < -0.39 is 0 Å². The van der Waals surface area contributed by atoms with Gasteiger partial charge in [0.1, 0.15) is 0 Å². The predicted molar refractivity (Wildman–Crippen MR) is 59.6 cm³/mol. The molecule has 80 valence electrons. The third-order valence-electron chi connectivity index (χ3n) is 3.78. The Labute approximate surface area is 86.9 Å². The van der Waals surface area contributed by atoms with Crippen molar-refractivity contribution in [2.75, 3.05) is 0 Å². The number of nitrogens with one attached hydrogen (secondary N) is 1. The maximum absolute atomic E-state index is 5.69. The van der Waals surface area contributed by atoms with Gasteiger partial charge in [-0.2, -0.15) is 0 Å². The molecule has 2 nitrogen and oxygen atoms in total. The first-order valence-corrected chi connectivity index (χ1v) is 6.07. The SMILES string of the molecule is NNC(C1=CCCCC1)C1CCCC1. The number of rotatable bonds is 3. The van der Waals surface area contributed by atoms with Gasteiger partial charge in [-0.3, -0.25) is 11.3 Å². The van der Waals surface area contributed by atoms with Crippen molar-refractivity contribution in [3.05, 3.63) is 11.6 Å². The van der Waals surface area contributed by atoms with Crippen molar-refractivity contribution in [3.63, 3.8) is 0 Å². The highest BCUT2D eigenvalue weighted by Crippen LogP contribution is 2.33. The third-order valence-corrected chi connectivity index (χ3v) is 3.78. The second-order valence-corrected chi connectivity index (χ2v) is 4.71. The Bertz CT molecular complexity index is 204. The van der Waals surface area contributed by atoms with Crippen LogP contribution in [0.4, 0.5) is 0 Å². The van der Waals surface area contributed by atoms with E-state index in [0.717, 1.165) is 5.92 Å². The van der Waals surface area contributed by atoms with Crippen molar-refractivity contribution in [1.82, 2.24) is 5.43 Å². The highest BCUT2D eigenvalue weighted by molar-refractivity contribution is 5.14. The first-order chi connectivity index (χ1) is 6.92. The van der Waals surface area contributed by atoms with Crippen LogP contribution in [0.3, 0.4) is 0 Å². The third kappa shape index (κ3) is 2.18. The number of hydrogen-bond donors (Lipinski definition) is 2. The second-order valence-electron chi connectivity index (χ2n) is 4.71. The highest BCUT2D eigenvalue weighted by atomic mass is 15.2. The molecule has 0 aromatic heterocycles. The van der Waals surface area contributed by atoms with Crippen LogP contribution >= 0.6 is 0 Å². The van der Waals surface area contributed by atoms with E-state index in [4.69, 9.17) is 5.84 Å². The first kappa shape index (κ1) is 10.2. The van der Waals surface area contributed by atoms with E-state index >= 15 is 0 Å². The molecule has 0 aliphatic heterocycles. The largest absolute Gasteiger partial charge is 0.271 e. The molecule has 0 radical (unpaired) electrons. The molecule has 0 aromatic rings. The van der Waals surface area contributed by atoms with Gasteiger partial charge < -0.3 is 0 Å². The number of hydrazine groups is 1. The van der Waals surface area contributed by atoms with E-state index in [1.807, 2.05) is 0 Å². The molecule has 0 saturated heterocycles. The lowest BCUT2D eigenvalue weighted by Gasteiger charge is -2.27. The number of hydrogen-bond acceptors (Lipinski definition) is 2. The van der Waals surface area contributed by atoms with Gasteiger partial charge in [-0.25, -0.2) is 0 Å². The van der Waals surface area contributed by atoms with Crippen molar-refractivity contribution in [2.45, 2.75) is 57.4 Å². The summed E-state index contributed by atoms with van der Waals surface area (Å²) in [7, 11) is 0. The molecular weight excluding hydrogens is 172 g/mol.